The second kappa shape index (κ2) is 21.4. The number of hydrogen-bond acceptors (Lipinski definition) is 3. The summed E-state index contributed by atoms with van der Waals surface area (Å²) in [5, 5.41) is 0. The van der Waals surface area contributed by atoms with Crippen molar-refractivity contribution in [2.24, 2.45) is 0 Å². The zero-order chi connectivity index (χ0) is 58.7. The van der Waals surface area contributed by atoms with Crippen LogP contribution in [0.3, 0.4) is 0 Å². The minimum atomic E-state index is -1.43. The Hall–Kier alpha value is -10.8. The zero-order valence-electron chi connectivity index (χ0n) is 46.1. The Balaban J connectivity index is 0.988. The van der Waals surface area contributed by atoms with Gasteiger partial charge in [0.25, 0.3) is 0 Å². The molecular formula is C78H50F5NO2. The molecule has 0 spiro atoms. The lowest BCUT2D eigenvalue weighted by atomic mass is 9.67. The van der Waals surface area contributed by atoms with Crippen LogP contribution in [0.1, 0.15) is 55.6 Å². The summed E-state index contributed by atoms with van der Waals surface area (Å²) in [5.41, 5.74) is 10.4. The van der Waals surface area contributed by atoms with Crippen LogP contribution in [0.4, 0.5) is 39.0 Å². The molecule has 0 saturated heterocycles. The van der Waals surface area contributed by atoms with Gasteiger partial charge in [-0.1, -0.05) is 183 Å². The predicted octanol–water partition coefficient (Wildman–Crippen LogP) is 21.1. The summed E-state index contributed by atoms with van der Waals surface area (Å²) in [7, 11) is 0. The van der Waals surface area contributed by atoms with E-state index in [0.717, 1.165) is 67.8 Å². The standard InChI is InChI=1S/C78H50F5NO2/c1-3-49-19-37-59(38-20-49)85-61-41-27-53(28-42-61)77(69-15-9-17-73(80)75(69)82)67-13-7-5-11-63(67)65-45-35-57(47-71(65)77)84(56-33-25-52(26-34-56)51-23-31-55(79)32-24-51)58-36-46-66-64-12-6-8-14-68(64)78(72(66)48-58,70-16-10-18-74(81)76(70)83)54-29-43-62(44-30-54)86-60-39-21-50(4-2)22-40-60/h3-48H,1-2H2. The number of anilines is 3. The normalized spacial score (nSPS) is 15.2. The zero-order valence-corrected chi connectivity index (χ0v) is 46.1. The third-order valence-electron chi connectivity index (χ3n) is 16.9. The lowest BCUT2D eigenvalue weighted by Crippen LogP contribution is -2.30. The van der Waals surface area contributed by atoms with Crippen LogP contribution in [-0.4, -0.2) is 0 Å². The van der Waals surface area contributed by atoms with Crippen molar-refractivity contribution in [3.05, 3.63) is 365 Å². The van der Waals surface area contributed by atoms with Gasteiger partial charge in [-0.25, -0.2) is 22.0 Å². The van der Waals surface area contributed by atoms with E-state index in [1.807, 2.05) is 206 Å². The minimum Gasteiger partial charge on any atom is -0.457 e. The Kier molecular flexibility index (Phi) is 13.2. The molecule has 0 amide bonds. The van der Waals surface area contributed by atoms with Crippen LogP contribution >= 0.6 is 0 Å². The Morgan fingerprint density at radius 2 is 0.663 bits per heavy atom. The fourth-order valence-electron chi connectivity index (χ4n) is 13.0. The maximum absolute atomic E-state index is 17.3. The molecule has 2 aliphatic carbocycles. The summed E-state index contributed by atoms with van der Waals surface area (Å²) >= 11 is 0. The quantitative estimate of drug-likeness (QED) is 0.101. The van der Waals surface area contributed by atoms with Crippen molar-refractivity contribution in [2.45, 2.75) is 10.8 Å². The molecule has 2 unspecified atom stereocenters. The summed E-state index contributed by atoms with van der Waals surface area (Å²) in [6.07, 6.45) is 3.52. The molecule has 0 radical (unpaired) electrons. The highest BCUT2D eigenvalue weighted by atomic mass is 19.2. The van der Waals surface area contributed by atoms with Crippen molar-refractivity contribution in [3.63, 3.8) is 0 Å². The Morgan fingerprint density at radius 3 is 1.07 bits per heavy atom. The van der Waals surface area contributed by atoms with Gasteiger partial charge in [-0.2, -0.15) is 0 Å². The lowest BCUT2D eigenvalue weighted by Gasteiger charge is -2.36. The van der Waals surface area contributed by atoms with E-state index in [9.17, 15) is 4.39 Å². The molecule has 0 aromatic heterocycles. The third-order valence-corrected chi connectivity index (χ3v) is 16.9. The van der Waals surface area contributed by atoms with Gasteiger partial charge < -0.3 is 14.4 Å². The van der Waals surface area contributed by atoms with Gasteiger partial charge in [0.2, 0.25) is 0 Å². The first kappa shape index (κ1) is 53.2. The third kappa shape index (κ3) is 8.71. The molecule has 0 saturated carbocycles. The molecule has 14 rings (SSSR count). The van der Waals surface area contributed by atoms with Crippen LogP contribution in [0, 0.1) is 29.1 Å². The van der Waals surface area contributed by atoms with E-state index in [1.54, 1.807) is 36.4 Å². The second-order valence-electron chi connectivity index (χ2n) is 21.4. The van der Waals surface area contributed by atoms with Gasteiger partial charge in [0.1, 0.15) is 28.8 Å². The van der Waals surface area contributed by atoms with Crippen molar-refractivity contribution in [3.8, 4) is 56.4 Å². The SMILES string of the molecule is C=Cc1ccc(Oc2ccc(C3(c4cccc(F)c4F)c4ccccc4-c4ccc(N(c5ccc(-c6ccc(F)cc6)cc5)c5ccc6c(c5)C(c5ccc(Oc7ccc(C=C)cc7)cc5)(c5cccc(F)c5F)c5ccccc5-6)cc43)cc2)cc1. The number of rotatable bonds is 14. The van der Waals surface area contributed by atoms with E-state index >= 15 is 17.6 Å². The van der Waals surface area contributed by atoms with E-state index in [-0.39, 0.29) is 16.9 Å². The van der Waals surface area contributed by atoms with Gasteiger partial charge >= 0.3 is 0 Å². The van der Waals surface area contributed by atoms with Gasteiger partial charge in [0, 0.05) is 28.2 Å². The summed E-state index contributed by atoms with van der Waals surface area (Å²) < 4.78 is 93.7. The van der Waals surface area contributed by atoms with E-state index in [1.165, 1.54) is 24.3 Å². The number of benzene rings is 12. The molecule has 8 heteroatoms. The first-order chi connectivity index (χ1) is 42.1. The van der Waals surface area contributed by atoms with Crippen LogP contribution in [0.2, 0.25) is 0 Å². The summed E-state index contributed by atoms with van der Waals surface area (Å²) in [6.45, 7) is 7.73. The molecule has 12 aromatic carbocycles. The molecule has 0 aliphatic heterocycles. The van der Waals surface area contributed by atoms with Gasteiger partial charge in [0.15, 0.2) is 23.3 Å². The average molecular weight is 1130 g/mol. The Bertz CT molecular complexity index is 4350. The molecule has 414 valence electrons. The van der Waals surface area contributed by atoms with Crippen LogP contribution in [-0.2, 0) is 10.8 Å². The molecule has 3 nitrogen and oxygen atoms in total. The first-order valence-corrected chi connectivity index (χ1v) is 28.1. The van der Waals surface area contributed by atoms with Crippen molar-refractivity contribution >= 4 is 29.2 Å². The largest absolute Gasteiger partial charge is 0.457 e. The number of ether oxygens (including phenoxy) is 2. The number of halogens is 5. The smallest absolute Gasteiger partial charge is 0.163 e. The van der Waals surface area contributed by atoms with Crippen molar-refractivity contribution in [1.29, 1.82) is 0 Å². The van der Waals surface area contributed by atoms with Crippen molar-refractivity contribution in [2.75, 3.05) is 4.90 Å². The fraction of sp³-hybridized carbons (Fsp3) is 0.0256. The van der Waals surface area contributed by atoms with Gasteiger partial charge in [0.05, 0.1) is 10.8 Å². The number of nitrogens with zero attached hydrogens (tertiary/aromatic N) is 1. The fourth-order valence-corrected chi connectivity index (χ4v) is 13.0. The van der Waals surface area contributed by atoms with Crippen molar-refractivity contribution < 1.29 is 31.4 Å². The molecule has 0 bridgehead atoms. The molecular weight excluding hydrogens is 1080 g/mol. The summed E-state index contributed by atoms with van der Waals surface area (Å²) in [4.78, 5) is 2.09. The van der Waals surface area contributed by atoms with Crippen LogP contribution < -0.4 is 14.4 Å². The molecule has 0 N–H and O–H groups in total. The highest BCUT2D eigenvalue weighted by Crippen LogP contribution is 2.60. The molecule has 2 atom stereocenters. The molecule has 0 heterocycles. The highest BCUT2D eigenvalue weighted by Gasteiger charge is 2.50. The van der Waals surface area contributed by atoms with Crippen molar-refractivity contribution in [1.82, 2.24) is 0 Å². The topological polar surface area (TPSA) is 21.7 Å². The lowest BCUT2D eigenvalue weighted by molar-refractivity contribution is 0.480. The van der Waals surface area contributed by atoms with E-state index in [4.69, 9.17) is 9.47 Å². The summed E-state index contributed by atoms with van der Waals surface area (Å²) in [6, 6.07) is 80.8. The summed E-state index contributed by atoms with van der Waals surface area (Å²) in [5.74, 6) is -2.01. The maximum atomic E-state index is 17.3. The Morgan fingerprint density at radius 1 is 0.314 bits per heavy atom. The molecule has 12 aromatic rings. The van der Waals surface area contributed by atoms with Gasteiger partial charge in [-0.05, 0) is 187 Å². The monoisotopic (exact) mass is 1130 g/mol. The molecule has 86 heavy (non-hydrogen) atoms. The molecule has 0 fully saturated rings. The van der Waals surface area contributed by atoms with Crippen LogP contribution in [0.15, 0.2) is 280 Å². The minimum absolute atomic E-state index is 0.115. The van der Waals surface area contributed by atoms with E-state index in [0.29, 0.717) is 62.3 Å². The number of fused-ring (bicyclic) bond motifs is 6. The van der Waals surface area contributed by atoms with E-state index < -0.39 is 34.1 Å². The predicted molar refractivity (Wildman–Crippen MR) is 334 cm³/mol. The second-order valence-corrected chi connectivity index (χ2v) is 21.4. The number of hydrogen-bond donors (Lipinski definition) is 0. The Labute approximate surface area is 495 Å². The maximum Gasteiger partial charge on any atom is 0.163 e. The molecule has 2 aliphatic rings. The highest BCUT2D eigenvalue weighted by molar-refractivity contribution is 5.92. The van der Waals surface area contributed by atoms with Gasteiger partial charge in [-0.15, -0.1) is 0 Å². The first-order valence-electron chi connectivity index (χ1n) is 28.1. The van der Waals surface area contributed by atoms with Crippen LogP contribution in [0.25, 0.3) is 45.5 Å². The van der Waals surface area contributed by atoms with Gasteiger partial charge in [-0.3, -0.25) is 0 Å². The average Bonchev–Trinajstić information content (AvgIpc) is 1.52. The van der Waals surface area contributed by atoms with Crippen LogP contribution in [0.5, 0.6) is 23.0 Å². The van der Waals surface area contributed by atoms with E-state index in [2.05, 4.69) is 18.1 Å².